The predicted molar refractivity (Wildman–Crippen MR) is 91.5 cm³/mol. The summed E-state index contributed by atoms with van der Waals surface area (Å²) >= 11 is 0. The maximum Gasteiger partial charge on any atom is 0.219 e. The van der Waals surface area contributed by atoms with Crippen LogP contribution in [-0.4, -0.2) is 40.5 Å². The smallest absolute Gasteiger partial charge is 0.219 e. The number of carbonyl (C=O) groups is 1. The second kappa shape index (κ2) is 7.40. The van der Waals surface area contributed by atoms with E-state index in [-0.39, 0.29) is 12.0 Å². The number of ether oxygens (including phenoxy) is 1. The molecule has 0 aliphatic carbocycles. The van der Waals surface area contributed by atoms with Crippen LogP contribution in [0.2, 0.25) is 0 Å². The first-order chi connectivity index (χ1) is 11.6. The highest BCUT2D eigenvalue weighted by atomic mass is 16.5. The van der Waals surface area contributed by atoms with Gasteiger partial charge in [-0.15, -0.1) is 0 Å². The maximum atomic E-state index is 11.6. The van der Waals surface area contributed by atoms with Crippen LogP contribution in [0.15, 0.2) is 36.4 Å². The lowest BCUT2D eigenvalue weighted by molar-refractivity contribution is -0.136. The monoisotopic (exact) mass is 326 g/mol. The van der Waals surface area contributed by atoms with Crippen molar-refractivity contribution in [3.63, 3.8) is 0 Å². The average molecular weight is 326 g/mol. The Morgan fingerprint density at radius 2 is 2.12 bits per heavy atom. The van der Waals surface area contributed by atoms with Crippen LogP contribution >= 0.6 is 0 Å². The Balaban J connectivity index is 1.72. The van der Waals surface area contributed by atoms with Gasteiger partial charge in [-0.1, -0.05) is 30.3 Å². The van der Waals surface area contributed by atoms with E-state index in [1.54, 1.807) is 11.8 Å². The fourth-order valence-electron chi connectivity index (χ4n) is 2.75. The van der Waals surface area contributed by atoms with Crippen LogP contribution in [0.25, 0.3) is 0 Å². The van der Waals surface area contributed by atoms with Gasteiger partial charge in [0.2, 0.25) is 5.91 Å². The van der Waals surface area contributed by atoms with Crippen LogP contribution < -0.4 is 5.32 Å². The van der Waals surface area contributed by atoms with E-state index >= 15 is 0 Å². The van der Waals surface area contributed by atoms with E-state index < -0.39 is 0 Å². The number of nitrogens with one attached hydrogen (secondary N) is 1. The molecular formula is C18H22N4O2. The summed E-state index contributed by atoms with van der Waals surface area (Å²) < 4.78 is 5.81. The van der Waals surface area contributed by atoms with Gasteiger partial charge in [0, 0.05) is 26.1 Å². The molecule has 1 aromatic carbocycles. The zero-order chi connectivity index (χ0) is 16.9. The SMILES string of the molecule is CC(=O)N1CCO[C@@H](c2cc(NCc3ccccc3)nc(C)n2)C1. The zero-order valence-electron chi connectivity index (χ0n) is 14.0. The quantitative estimate of drug-likeness (QED) is 0.934. The van der Waals surface area contributed by atoms with Crippen molar-refractivity contribution >= 4 is 11.7 Å². The van der Waals surface area contributed by atoms with Gasteiger partial charge in [-0.05, 0) is 12.5 Å². The van der Waals surface area contributed by atoms with E-state index in [1.807, 2.05) is 31.2 Å². The minimum Gasteiger partial charge on any atom is -0.368 e. The molecule has 0 unspecified atom stereocenters. The third kappa shape index (κ3) is 4.08. The number of aromatic nitrogens is 2. The van der Waals surface area contributed by atoms with Crippen molar-refractivity contribution in [1.29, 1.82) is 0 Å². The molecule has 3 rings (SSSR count). The molecule has 1 fully saturated rings. The number of nitrogens with zero attached hydrogens (tertiary/aromatic N) is 3. The molecule has 1 saturated heterocycles. The van der Waals surface area contributed by atoms with Crippen LogP contribution in [-0.2, 0) is 16.1 Å². The Labute approximate surface area is 141 Å². The summed E-state index contributed by atoms with van der Waals surface area (Å²) in [5.74, 6) is 1.52. The number of morpholine rings is 1. The molecule has 6 heteroatoms. The van der Waals surface area contributed by atoms with Gasteiger partial charge in [-0.3, -0.25) is 4.79 Å². The Morgan fingerprint density at radius 3 is 2.88 bits per heavy atom. The molecule has 1 amide bonds. The molecule has 0 radical (unpaired) electrons. The van der Waals surface area contributed by atoms with Crippen LogP contribution in [0.4, 0.5) is 5.82 Å². The van der Waals surface area contributed by atoms with Crippen molar-refractivity contribution in [1.82, 2.24) is 14.9 Å². The summed E-state index contributed by atoms with van der Waals surface area (Å²) in [6.45, 7) is 5.84. The third-order valence-corrected chi connectivity index (χ3v) is 4.02. The van der Waals surface area contributed by atoms with Crippen molar-refractivity contribution < 1.29 is 9.53 Å². The zero-order valence-corrected chi connectivity index (χ0v) is 14.0. The first kappa shape index (κ1) is 16.4. The van der Waals surface area contributed by atoms with Gasteiger partial charge >= 0.3 is 0 Å². The third-order valence-electron chi connectivity index (χ3n) is 4.02. The van der Waals surface area contributed by atoms with E-state index in [0.29, 0.717) is 32.1 Å². The van der Waals surface area contributed by atoms with Crippen molar-refractivity contribution in [2.75, 3.05) is 25.0 Å². The topological polar surface area (TPSA) is 67.3 Å². The molecule has 0 saturated carbocycles. The predicted octanol–water partition coefficient (Wildman–Crippen LogP) is 2.32. The molecule has 1 aliphatic rings. The number of benzene rings is 1. The first-order valence-electron chi connectivity index (χ1n) is 8.12. The first-order valence-corrected chi connectivity index (χ1v) is 8.12. The van der Waals surface area contributed by atoms with E-state index in [9.17, 15) is 4.79 Å². The average Bonchev–Trinajstić information content (AvgIpc) is 2.60. The molecule has 6 nitrogen and oxygen atoms in total. The number of aryl methyl sites for hydroxylation is 1. The lowest BCUT2D eigenvalue weighted by Crippen LogP contribution is -2.41. The van der Waals surface area contributed by atoms with Crippen LogP contribution in [0, 0.1) is 6.92 Å². The minimum absolute atomic E-state index is 0.0662. The van der Waals surface area contributed by atoms with E-state index in [4.69, 9.17) is 4.74 Å². The summed E-state index contributed by atoms with van der Waals surface area (Å²) in [6, 6.07) is 12.1. The molecule has 0 spiro atoms. The molecule has 1 N–H and O–H groups in total. The fraction of sp³-hybridized carbons (Fsp3) is 0.389. The Hall–Kier alpha value is -2.47. The largest absolute Gasteiger partial charge is 0.368 e. The molecule has 24 heavy (non-hydrogen) atoms. The van der Waals surface area contributed by atoms with Gasteiger partial charge in [0.1, 0.15) is 17.7 Å². The minimum atomic E-state index is -0.207. The highest BCUT2D eigenvalue weighted by molar-refractivity contribution is 5.73. The highest BCUT2D eigenvalue weighted by Crippen LogP contribution is 2.23. The standard InChI is InChI=1S/C18H22N4O2/c1-13-20-16(17-12-22(14(2)23)8-9-24-17)10-18(21-13)19-11-15-6-4-3-5-7-15/h3-7,10,17H,8-9,11-12H2,1-2H3,(H,19,20,21)/t17-/m1/s1. The fourth-order valence-corrected chi connectivity index (χ4v) is 2.75. The van der Waals surface area contributed by atoms with E-state index in [1.165, 1.54) is 5.56 Å². The van der Waals surface area contributed by atoms with Gasteiger partial charge in [-0.2, -0.15) is 0 Å². The number of hydrogen-bond acceptors (Lipinski definition) is 5. The summed E-state index contributed by atoms with van der Waals surface area (Å²) in [6.07, 6.45) is -0.207. The molecule has 126 valence electrons. The Bertz CT molecular complexity index is 705. The molecule has 2 aromatic rings. The Morgan fingerprint density at radius 1 is 1.33 bits per heavy atom. The molecule has 1 aliphatic heterocycles. The van der Waals surface area contributed by atoms with Gasteiger partial charge in [0.15, 0.2) is 0 Å². The number of hydrogen-bond donors (Lipinski definition) is 1. The molecule has 2 heterocycles. The summed E-state index contributed by atoms with van der Waals surface area (Å²) in [7, 11) is 0. The van der Waals surface area contributed by atoms with Crippen LogP contribution in [0.5, 0.6) is 0 Å². The molecular weight excluding hydrogens is 304 g/mol. The number of rotatable bonds is 4. The van der Waals surface area contributed by atoms with E-state index in [2.05, 4.69) is 27.4 Å². The summed E-state index contributed by atoms with van der Waals surface area (Å²) in [4.78, 5) is 22.3. The van der Waals surface area contributed by atoms with Gasteiger partial charge < -0.3 is 15.0 Å². The second-order valence-electron chi connectivity index (χ2n) is 5.89. The molecule has 1 aromatic heterocycles. The molecule has 0 bridgehead atoms. The summed E-state index contributed by atoms with van der Waals surface area (Å²) in [5.41, 5.74) is 2.00. The van der Waals surface area contributed by atoms with Crippen molar-refractivity contribution in [2.24, 2.45) is 0 Å². The molecule has 1 atom stereocenters. The lowest BCUT2D eigenvalue weighted by Gasteiger charge is -2.32. The lowest BCUT2D eigenvalue weighted by atomic mass is 10.2. The normalized spacial score (nSPS) is 17.6. The van der Waals surface area contributed by atoms with Crippen LogP contribution in [0.1, 0.15) is 30.1 Å². The Kier molecular flexibility index (Phi) is 5.05. The van der Waals surface area contributed by atoms with Crippen molar-refractivity contribution in [2.45, 2.75) is 26.5 Å². The summed E-state index contributed by atoms with van der Waals surface area (Å²) in [5, 5.41) is 3.33. The number of carbonyl (C=O) groups excluding carboxylic acids is 1. The number of amides is 1. The van der Waals surface area contributed by atoms with Crippen molar-refractivity contribution in [3.8, 4) is 0 Å². The number of anilines is 1. The van der Waals surface area contributed by atoms with E-state index in [0.717, 1.165) is 11.5 Å². The van der Waals surface area contributed by atoms with Gasteiger partial charge in [0.25, 0.3) is 0 Å². The van der Waals surface area contributed by atoms with Gasteiger partial charge in [-0.25, -0.2) is 9.97 Å². The van der Waals surface area contributed by atoms with Crippen LogP contribution in [0.3, 0.4) is 0 Å². The van der Waals surface area contributed by atoms with Crippen molar-refractivity contribution in [3.05, 3.63) is 53.5 Å². The van der Waals surface area contributed by atoms with Gasteiger partial charge in [0.05, 0.1) is 18.8 Å². The maximum absolute atomic E-state index is 11.6. The highest BCUT2D eigenvalue weighted by Gasteiger charge is 2.25. The second-order valence-corrected chi connectivity index (χ2v) is 5.89.